The van der Waals surface area contributed by atoms with Gasteiger partial charge in [-0.25, -0.2) is 0 Å². The highest BCUT2D eigenvalue weighted by Crippen LogP contribution is 2.31. The third-order valence-electron chi connectivity index (χ3n) is 3.07. The molecular formula is C11H24O2. The number of aliphatic hydroxyl groups excluding tert-OH is 1. The fraction of sp³-hybridized carbons (Fsp3) is 1.00. The molecule has 2 unspecified atom stereocenters. The molecule has 0 saturated heterocycles. The zero-order chi connectivity index (χ0) is 10.5. The van der Waals surface area contributed by atoms with Gasteiger partial charge < -0.3 is 10.2 Å². The SMILES string of the molecule is CCCC(O)(C(C)O)C(CC)CC. The zero-order valence-corrected chi connectivity index (χ0v) is 9.38. The second-order valence-electron chi connectivity index (χ2n) is 3.93. The molecule has 0 spiro atoms. The Morgan fingerprint density at radius 3 is 1.85 bits per heavy atom. The second-order valence-corrected chi connectivity index (χ2v) is 3.93. The van der Waals surface area contributed by atoms with Crippen molar-refractivity contribution in [2.75, 3.05) is 0 Å². The molecule has 0 aliphatic rings. The van der Waals surface area contributed by atoms with Crippen LogP contribution in [0.3, 0.4) is 0 Å². The highest BCUT2D eigenvalue weighted by Gasteiger charge is 2.37. The van der Waals surface area contributed by atoms with Crippen LogP contribution in [0.1, 0.15) is 53.4 Å². The predicted octanol–water partition coefficient (Wildman–Crippen LogP) is 2.33. The predicted molar refractivity (Wildman–Crippen MR) is 55.6 cm³/mol. The number of aliphatic hydroxyl groups is 2. The van der Waals surface area contributed by atoms with Crippen LogP contribution in [-0.2, 0) is 0 Å². The van der Waals surface area contributed by atoms with Gasteiger partial charge in [0.15, 0.2) is 0 Å². The van der Waals surface area contributed by atoms with Crippen LogP contribution < -0.4 is 0 Å². The summed E-state index contributed by atoms with van der Waals surface area (Å²) >= 11 is 0. The van der Waals surface area contributed by atoms with Crippen molar-refractivity contribution in [3.8, 4) is 0 Å². The van der Waals surface area contributed by atoms with Crippen LogP contribution in [0, 0.1) is 5.92 Å². The minimum absolute atomic E-state index is 0.215. The summed E-state index contributed by atoms with van der Waals surface area (Å²) in [6.07, 6.45) is 2.84. The second kappa shape index (κ2) is 5.61. The molecule has 80 valence electrons. The van der Waals surface area contributed by atoms with E-state index in [4.69, 9.17) is 0 Å². The van der Waals surface area contributed by atoms with Crippen molar-refractivity contribution < 1.29 is 10.2 Å². The maximum atomic E-state index is 10.3. The average Bonchev–Trinajstić information content (AvgIpc) is 2.06. The maximum absolute atomic E-state index is 10.3. The number of hydrogen-bond donors (Lipinski definition) is 2. The Morgan fingerprint density at radius 2 is 1.62 bits per heavy atom. The van der Waals surface area contributed by atoms with Gasteiger partial charge in [0.2, 0.25) is 0 Å². The van der Waals surface area contributed by atoms with Crippen molar-refractivity contribution in [3.05, 3.63) is 0 Å². The van der Waals surface area contributed by atoms with Crippen LogP contribution in [0.15, 0.2) is 0 Å². The highest BCUT2D eigenvalue weighted by atomic mass is 16.3. The first-order chi connectivity index (χ1) is 6.02. The quantitative estimate of drug-likeness (QED) is 0.671. The lowest BCUT2D eigenvalue weighted by Crippen LogP contribution is -2.47. The molecule has 2 atom stereocenters. The van der Waals surface area contributed by atoms with E-state index in [1.165, 1.54) is 0 Å². The van der Waals surface area contributed by atoms with Gasteiger partial charge in [-0.05, 0) is 19.3 Å². The summed E-state index contributed by atoms with van der Waals surface area (Å²) in [4.78, 5) is 0. The largest absolute Gasteiger partial charge is 0.390 e. The van der Waals surface area contributed by atoms with Crippen LogP contribution >= 0.6 is 0 Å². The normalized spacial score (nSPS) is 18.7. The van der Waals surface area contributed by atoms with Gasteiger partial charge in [-0.15, -0.1) is 0 Å². The molecule has 0 aromatic rings. The standard InChI is InChI=1S/C11H24O2/c1-5-8-11(13,9(4)12)10(6-2)7-3/h9-10,12-13H,5-8H2,1-4H3. The van der Waals surface area contributed by atoms with Gasteiger partial charge in [0.05, 0.1) is 11.7 Å². The molecule has 0 aliphatic carbocycles. The summed E-state index contributed by atoms with van der Waals surface area (Å²) in [5.41, 5.74) is -0.877. The van der Waals surface area contributed by atoms with E-state index in [0.717, 1.165) is 19.3 Å². The summed E-state index contributed by atoms with van der Waals surface area (Å²) in [5, 5.41) is 19.9. The smallest absolute Gasteiger partial charge is 0.0930 e. The van der Waals surface area contributed by atoms with Gasteiger partial charge in [-0.2, -0.15) is 0 Å². The molecule has 0 radical (unpaired) electrons. The maximum Gasteiger partial charge on any atom is 0.0930 e. The van der Waals surface area contributed by atoms with E-state index >= 15 is 0 Å². The minimum Gasteiger partial charge on any atom is -0.390 e. The lowest BCUT2D eigenvalue weighted by Gasteiger charge is -2.38. The molecule has 0 aromatic carbocycles. The van der Waals surface area contributed by atoms with Crippen LogP contribution in [0.25, 0.3) is 0 Å². The molecule has 0 aliphatic heterocycles. The summed E-state index contributed by atoms with van der Waals surface area (Å²) < 4.78 is 0. The number of rotatable bonds is 6. The van der Waals surface area contributed by atoms with Gasteiger partial charge in [0, 0.05) is 0 Å². The van der Waals surface area contributed by atoms with E-state index in [2.05, 4.69) is 13.8 Å². The molecule has 2 nitrogen and oxygen atoms in total. The van der Waals surface area contributed by atoms with Crippen LogP contribution in [-0.4, -0.2) is 21.9 Å². The Labute approximate surface area is 82.0 Å². The Balaban J connectivity index is 4.53. The van der Waals surface area contributed by atoms with Gasteiger partial charge in [0.1, 0.15) is 0 Å². The molecule has 13 heavy (non-hydrogen) atoms. The molecule has 0 heterocycles. The highest BCUT2D eigenvalue weighted by molar-refractivity contribution is 4.89. The van der Waals surface area contributed by atoms with E-state index in [1.54, 1.807) is 6.92 Å². The zero-order valence-electron chi connectivity index (χ0n) is 9.38. The summed E-state index contributed by atoms with van der Waals surface area (Å²) in [7, 11) is 0. The molecule has 0 saturated carbocycles. The van der Waals surface area contributed by atoms with E-state index < -0.39 is 11.7 Å². The molecule has 0 aromatic heterocycles. The third kappa shape index (κ3) is 2.96. The summed E-state index contributed by atoms with van der Waals surface area (Å²) in [5.74, 6) is 0.215. The van der Waals surface area contributed by atoms with Crippen LogP contribution in [0.2, 0.25) is 0 Å². The Hall–Kier alpha value is -0.0800. The first-order valence-corrected chi connectivity index (χ1v) is 5.43. The van der Waals surface area contributed by atoms with Crippen LogP contribution in [0.4, 0.5) is 0 Å². The average molecular weight is 188 g/mol. The van der Waals surface area contributed by atoms with E-state index in [1.807, 2.05) is 6.92 Å². The first kappa shape index (κ1) is 12.9. The van der Waals surface area contributed by atoms with Crippen molar-refractivity contribution in [3.63, 3.8) is 0 Å². The monoisotopic (exact) mass is 188 g/mol. The van der Waals surface area contributed by atoms with Gasteiger partial charge in [-0.3, -0.25) is 0 Å². The topological polar surface area (TPSA) is 40.5 Å². The van der Waals surface area contributed by atoms with Gasteiger partial charge in [-0.1, -0.05) is 40.0 Å². The van der Waals surface area contributed by atoms with E-state index in [0.29, 0.717) is 6.42 Å². The first-order valence-electron chi connectivity index (χ1n) is 5.43. The molecular weight excluding hydrogens is 164 g/mol. The Morgan fingerprint density at radius 1 is 1.15 bits per heavy atom. The van der Waals surface area contributed by atoms with Crippen molar-refractivity contribution in [1.29, 1.82) is 0 Å². The summed E-state index contributed by atoms with van der Waals surface area (Å²) in [6.45, 7) is 7.86. The lowest BCUT2D eigenvalue weighted by atomic mass is 9.77. The molecule has 2 N–H and O–H groups in total. The Bertz CT molecular complexity index is 130. The van der Waals surface area contributed by atoms with Crippen LogP contribution in [0.5, 0.6) is 0 Å². The lowest BCUT2D eigenvalue weighted by molar-refractivity contribution is -0.114. The molecule has 0 fully saturated rings. The van der Waals surface area contributed by atoms with Gasteiger partial charge in [0.25, 0.3) is 0 Å². The van der Waals surface area contributed by atoms with Crippen molar-refractivity contribution in [1.82, 2.24) is 0 Å². The van der Waals surface area contributed by atoms with Crippen molar-refractivity contribution in [2.45, 2.75) is 65.1 Å². The molecule has 0 amide bonds. The number of hydrogen-bond acceptors (Lipinski definition) is 2. The minimum atomic E-state index is -0.877. The van der Waals surface area contributed by atoms with Crippen molar-refractivity contribution >= 4 is 0 Å². The van der Waals surface area contributed by atoms with Crippen molar-refractivity contribution in [2.24, 2.45) is 5.92 Å². The third-order valence-corrected chi connectivity index (χ3v) is 3.07. The summed E-state index contributed by atoms with van der Waals surface area (Å²) in [6, 6.07) is 0. The fourth-order valence-electron chi connectivity index (χ4n) is 2.15. The molecule has 2 heteroatoms. The fourth-order valence-corrected chi connectivity index (χ4v) is 2.15. The molecule has 0 rings (SSSR count). The van der Waals surface area contributed by atoms with E-state index in [-0.39, 0.29) is 5.92 Å². The van der Waals surface area contributed by atoms with E-state index in [9.17, 15) is 10.2 Å². The molecule has 0 bridgehead atoms. The Kier molecular flexibility index (Phi) is 5.57. The van der Waals surface area contributed by atoms with Gasteiger partial charge >= 0.3 is 0 Å².